The normalized spacial score (nSPS) is 10.5. The lowest BCUT2D eigenvalue weighted by atomic mass is 10.0. The smallest absolute Gasteiger partial charge is 0.170 e. The maximum absolute atomic E-state index is 12.1. The number of aryl methyl sites for hydroxylation is 2. The van der Waals surface area contributed by atoms with E-state index in [-0.39, 0.29) is 5.78 Å². The average Bonchev–Trinajstić information content (AvgIpc) is 2.61. The summed E-state index contributed by atoms with van der Waals surface area (Å²) in [6.45, 7) is 3.68. The highest BCUT2D eigenvalue weighted by molar-refractivity contribution is 14.1. The third kappa shape index (κ3) is 2.97. The van der Waals surface area contributed by atoms with Crippen molar-refractivity contribution in [2.24, 2.45) is 0 Å². The van der Waals surface area contributed by atoms with Gasteiger partial charge < -0.3 is 4.42 Å². The Morgan fingerprint density at radius 3 is 2.41 bits per heavy atom. The Morgan fingerprint density at radius 1 is 1.24 bits per heavy atom. The van der Waals surface area contributed by atoms with Gasteiger partial charge in [-0.2, -0.15) is 0 Å². The first kappa shape index (κ1) is 12.4. The minimum atomic E-state index is 0.112. The molecule has 2 rings (SSSR count). The van der Waals surface area contributed by atoms with E-state index in [1.54, 1.807) is 0 Å². The van der Waals surface area contributed by atoms with Gasteiger partial charge in [-0.3, -0.25) is 4.79 Å². The molecule has 0 bridgehead atoms. The molecule has 0 N–H and O–H groups in total. The van der Waals surface area contributed by atoms with Gasteiger partial charge in [-0.05, 0) is 60.2 Å². The molecule has 0 saturated carbocycles. The summed E-state index contributed by atoms with van der Waals surface area (Å²) in [5, 5.41) is 0. The van der Waals surface area contributed by atoms with E-state index < -0.39 is 0 Å². The second-order valence-corrected chi connectivity index (χ2v) is 5.30. The van der Waals surface area contributed by atoms with Crippen LogP contribution in [0.1, 0.15) is 27.4 Å². The average molecular weight is 340 g/mol. The molecule has 0 aliphatic rings. The molecule has 17 heavy (non-hydrogen) atoms. The van der Waals surface area contributed by atoms with Crippen molar-refractivity contribution in [1.29, 1.82) is 0 Å². The number of carbonyl (C=O) groups excluding carboxylic acids is 1. The topological polar surface area (TPSA) is 30.2 Å². The molecule has 0 unspecified atom stereocenters. The van der Waals surface area contributed by atoms with Crippen LogP contribution in [0.4, 0.5) is 0 Å². The van der Waals surface area contributed by atoms with E-state index >= 15 is 0 Å². The van der Waals surface area contributed by atoms with E-state index in [0.29, 0.717) is 17.7 Å². The summed E-state index contributed by atoms with van der Waals surface area (Å²) in [5.74, 6) is 1.60. The number of benzene rings is 1. The van der Waals surface area contributed by atoms with Crippen LogP contribution in [0.2, 0.25) is 0 Å². The van der Waals surface area contributed by atoms with E-state index in [2.05, 4.69) is 22.6 Å². The molecule has 2 nitrogen and oxygen atoms in total. The molecular formula is C14H13IO2. The van der Waals surface area contributed by atoms with Gasteiger partial charge >= 0.3 is 0 Å². The Balaban J connectivity index is 2.17. The zero-order valence-corrected chi connectivity index (χ0v) is 11.9. The summed E-state index contributed by atoms with van der Waals surface area (Å²) < 4.78 is 6.55. The van der Waals surface area contributed by atoms with Gasteiger partial charge in [-0.25, -0.2) is 0 Å². The standard InChI is InChI=1S/C14H13IO2/c1-9-7-13(10(2)17-9)14(16)8-11-3-5-12(15)6-4-11/h3-7H,8H2,1-2H3. The Hall–Kier alpha value is -1.10. The maximum Gasteiger partial charge on any atom is 0.170 e. The van der Waals surface area contributed by atoms with Gasteiger partial charge in [-0.1, -0.05) is 12.1 Å². The quantitative estimate of drug-likeness (QED) is 0.626. The van der Waals surface area contributed by atoms with Gasteiger partial charge in [0.25, 0.3) is 0 Å². The van der Waals surface area contributed by atoms with Gasteiger partial charge in [0.2, 0.25) is 0 Å². The monoisotopic (exact) mass is 340 g/mol. The number of rotatable bonds is 3. The fraction of sp³-hybridized carbons (Fsp3) is 0.214. The molecule has 88 valence electrons. The molecule has 3 heteroatoms. The summed E-state index contributed by atoms with van der Waals surface area (Å²) in [6, 6.07) is 9.81. The zero-order chi connectivity index (χ0) is 12.4. The minimum absolute atomic E-state index is 0.112. The van der Waals surface area contributed by atoms with Crippen LogP contribution >= 0.6 is 22.6 Å². The Morgan fingerprint density at radius 2 is 1.88 bits per heavy atom. The molecule has 0 fully saturated rings. The van der Waals surface area contributed by atoms with Crippen LogP contribution in [-0.2, 0) is 6.42 Å². The van der Waals surface area contributed by atoms with Gasteiger partial charge in [0.05, 0.1) is 5.56 Å². The highest BCUT2D eigenvalue weighted by atomic mass is 127. The zero-order valence-electron chi connectivity index (χ0n) is 9.79. The fourth-order valence-corrected chi connectivity index (χ4v) is 2.15. The van der Waals surface area contributed by atoms with E-state index in [1.165, 1.54) is 3.57 Å². The summed E-state index contributed by atoms with van der Waals surface area (Å²) in [7, 11) is 0. The number of halogens is 1. The predicted octanol–water partition coefficient (Wildman–Crippen LogP) is 3.93. The highest BCUT2D eigenvalue weighted by Gasteiger charge is 2.13. The summed E-state index contributed by atoms with van der Waals surface area (Å²) in [6.07, 6.45) is 0.427. The van der Waals surface area contributed by atoms with Crippen LogP contribution in [0.5, 0.6) is 0 Å². The lowest BCUT2D eigenvalue weighted by molar-refractivity contribution is 0.0991. The van der Waals surface area contributed by atoms with E-state index in [4.69, 9.17) is 4.42 Å². The third-order valence-corrected chi connectivity index (χ3v) is 3.34. The van der Waals surface area contributed by atoms with Crippen LogP contribution in [-0.4, -0.2) is 5.78 Å². The van der Waals surface area contributed by atoms with Gasteiger partial charge in [0.1, 0.15) is 11.5 Å². The molecule has 1 heterocycles. The van der Waals surface area contributed by atoms with Crippen molar-refractivity contribution in [1.82, 2.24) is 0 Å². The number of ketones is 1. The van der Waals surface area contributed by atoms with Crippen LogP contribution < -0.4 is 0 Å². The van der Waals surface area contributed by atoms with E-state index in [9.17, 15) is 4.79 Å². The molecule has 0 aliphatic heterocycles. The molecule has 0 radical (unpaired) electrons. The summed E-state index contributed by atoms with van der Waals surface area (Å²) in [4.78, 5) is 12.1. The number of Topliss-reactive ketones (excluding diaryl/α,β-unsaturated/α-hetero) is 1. The Bertz CT molecular complexity index is 538. The number of carbonyl (C=O) groups is 1. The van der Waals surface area contributed by atoms with Crippen LogP contribution in [0.3, 0.4) is 0 Å². The van der Waals surface area contributed by atoms with Crippen LogP contribution in [0.15, 0.2) is 34.7 Å². The summed E-state index contributed by atoms with van der Waals surface area (Å²) >= 11 is 2.25. The lowest BCUT2D eigenvalue weighted by Gasteiger charge is -2.00. The van der Waals surface area contributed by atoms with Crippen molar-refractivity contribution in [2.45, 2.75) is 20.3 Å². The first-order valence-corrected chi connectivity index (χ1v) is 6.49. The van der Waals surface area contributed by atoms with Crippen molar-refractivity contribution >= 4 is 28.4 Å². The predicted molar refractivity (Wildman–Crippen MR) is 75.4 cm³/mol. The highest BCUT2D eigenvalue weighted by Crippen LogP contribution is 2.17. The van der Waals surface area contributed by atoms with Crippen LogP contribution in [0, 0.1) is 17.4 Å². The molecular weight excluding hydrogens is 327 g/mol. The maximum atomic E-state index is 12.1. The third-order valence-electron chi connectivity index (χ3n) is 2.62. The molecule has 1 aromatic heterocycles. The van der Waals surface area contributed by atoms with Crippen molar-refractivity contribution in [2.75, 3.05) is 0 Å². The minimum Gasteiger partial charge on any atom is -0.466 e. The molecule has 1 aromatic carbocycles. The number of hydrogen-bond donors (Lipinski definition) is 0. The molecule has 0 aliphatic carbocycles. The van der Waals surface area contributed by atoms with E-state index in [1.807, 2.05) is 44.2 Å². The van der Waals surface area contributed by atoms with Crippen molar-refractivity contribution in [3.8, 4) is 0 Å². The second-order valence-electron chi connectivity index (χ2n) is 4.05. The molecule has 0 saturated heterocycles. The Kier molecular flexibility index (Phi) is 3.66. The van der Waals surface area contributed by atoms with Crippen LogP contribution in [0.25, 0.3) is 0 Å². The number of hydrogen-bond acceptors (Lipinski definition) is 2. The molecule has 0 atom stereocenters. The Labute approximate surface area is 114 Å². The SMILES string of the molecule is Cc1cc(C(=O)Cc2ccc(I)cc2)c(C)o1. The number of furan rings is 1. The largest absolute Gasteiger partial charge is 0.466 e. The van der Waals surface area contributed by atoms with Gasteiger partial charge in [-0.15, -0.1) is 0 Å². The van der Waals surface area contributed by atoms with Crippen molar-refractivity contribution < 1.29 is 9.21 Å². The first-order chi connectivity index (χ1) is 8.06. The fourth-order valence-electron chi connectivity index (χ4n) is 1.79. The lowest BCUT2D eigenvalue weighted by Crippen LogP contribution is -2.03. The van der Waals surface area contributed by atoms with Crippen molar-refractivity contribution in [3.05, 3.63) is 56.5 Å². The van der Waals surface area contributed by atoms with Crippen molar-refractivity contribution in [3.63, 3.8) is 0 Å². The van der Waals surface area contributed by atoms with Gasteiger partial charge in [0.15, 0.2) is 5.78 Å². The summed E-state index contributed by atoms with van der Waals surface area (Å²) in [5.41, 5.74) is 1.73. The molecule has 0 amide bonds. The first-order valence-electron chi connectivity index (χ1n) is 5.41. The van der Waals surface area contributed by atoms with Gasteiger partial charge in [0, 0.05) is 9.99 Å². The van der Waals surface area contributed by atoms with E-state index in [0.717, 1.165) is 11.3 Å². The second kappa shape index (κ2) is 5.04. The molecule has 0 spiro atoms. The molecule has 2 aromatic rings.